The summed E-state index contributed by atoms with van der Waals surface area (Å²) in [4.78, 5) is 9.17. The number of rotatable bonds is 4. The van der Waals surface area contributed by atoms with Gasteiger partial charge in [-0.25, -0.2) is 4.98 Å². The quantitative estimate of drug-likeness (QED) is 0.666. The summed E-state index contributed by atoms with van der Waals surface area (Å²) in [7, 11) is 0. The third-order valence-electron chi connectivity index (χ3n) is 4.36. The van der Waals surface area contributed by atoms with Crippen LogP contribution in [-0.2, 0) is 18.4 Å². The summed E-state index contributed by atoms with van der Waals surface area (Å²) in [5, 5.41) is 5.19. The molecule has 3 aromatic rings. The average Bonchev–Trinajstić information content (AvgIpc) is 3.23. The van der Waals surface area contributed by atoms with E-state index in [1.807, 2.05) is 12.1 Å². The van der Waals surface area contributed by atoms with Crippen LogP contribution in [0.3, 0.4) is 0 Å². The zero-order chi connectivity index (χ0) is 15.9. The van der Waals surface area contributed by atoms with Crippen LogP contribution in [0, 0.1) is 0 Å². The van der Waals surface area contributed by atoms with Gasteiger partial charge in [-0.1, -0.05) is 33.9 Å². The van der Waals surface area contributed by atoms with Gasteiger partial charge < -0.3 is 10.3 Å². The Labute approximate surface area is 158 Å². The molecule has 2 aromatic heterocycles. The molecule has 0 spiro atoms. The molecule has 4 rings (SSSR count). The molecule has 1 aromatic carbocycles. The van der Waals surface area contributed by atoms with Crippen LogP contribution in [0.4, 0.5) is 0 Å². The standard InChI is InChI=1S/C16H17BrN4OS.ClH/c17-10-3-4-12-11(9-10)19-14(23-12)6-5-13-20-15(21-22-13)16(18)7-1-2-8-16;/h3-4,9H,1-2,5-8,18H2;1H. The summed E-state index contributed by atoms with van der Waals surface area (Å²) < 4.78 is 7.63. The Bertz CT molecular complexity index is 844. The summed E-state index contributed by atoms with van der Waals surface area (Å²) in [6.45, 7) is 0. The highest BCUT2D eigenvalue weighted by molar-refractivity contribution is 9.10. The summed E-state index contributed by atoms with van der Waals surface area (Å²) in [6, 6.07) is 6.17. The second-order valence-corrected chi connectivity index (χ2v) is 8.13. The molecule has 0 unspecified atom stereocenters. The Morgan fingerprint density at radius 3 is 2.79 bits per heavy atom. The molecule has 128 valence electrons. The second kappa shape index (κ2) is 7.07. The molecule has 0 saturated heterocycles. The fraction of sp³-hybridized carbons (Fsp3) is 0.438. The molecule has 1 aliphatic carbocycles. The van der Waals surface area contributed by atoms with Crippen LogP contribution in [0.2, 0.25) is 0 Å². The molecule has 5 nitrogen and oxygen atoms in total. The van der Waals surface area contributed by atoms with E-state index in [0.717, 1.165) is 47.1 Å². The van der Waals surface area contributed by atoms with Crippen molar-refractivity contribution >= 4 is 49.9 Å². The number of hydrogen-bond donors (Lipinski definition) is 1. The number of fused-ring (bicyclic) bond motifs is 1. The van der Waals surface area contributed by atoms with Gasteiger partial charge in [0.25, 0.3) is 0 Å². The minimum atomic E-state index is -0.385. The van der Waals surface area contributed by atoms with Crippen molar-refractivity contribution < 1.29 is 4.52 Å². The van der Waals surface area contributed by atoms with Crippen LogP contribution in [-0.4, -0.2) is 15.1 Å². The van der Waals surface area contributed by atoms with Gasteiger partial charge in [0.1, 0.15) is 0 Å². The first-order valence-electron chi connectivity index (χ1n) is 7.79. The molecule has 0 radical (unpaired) electrons. The van der Waals surface area contributed by atoms with Crippen LogP contribution in [0.25, 0.3) is 10.2 Å². The Kier molecular flexibility index (Phi) is 5.24. The van der Waals surface area contributed by atoms with Crippen molar-refractivity contribution in [1.29, 1.82) is 0 Å². The van der Waals surface area contributed by atoms with Crippen molar-refractivity contribution in [1.82, 2.24) is 15.1 Å². The van der Waals surface area contributed by atoms with E-state index in [4.69, 9.17) is 10.3 Å². The molecule has 0 amide bonds. The molecule has 2 heterocycles. The van der Waals surface area contributed by atoms with Crippen LogP contribution < -0.4 is 5.73 Å². The Morgan fingerprint density at radius 2 is 2.00 bits per heavy atom. The molecule has 8 heteroatoms. The van der Waals surface area contributed by atoms with Gasteiger partial charge in [0.05, 0.1) is 20.8 Å². The molecule has 24 heavy (non-hydrogen) atoms. The van der Waals surface area contributed by atoms with Gasteiger partial charge in [-0.15, -0.1) is 23.7 Å². The Hall–Kier alpha value is -1.02. The van der Waals surface area contributed by atoms with E-state index in [0.29, 0.717) is 18.1 Å². The first kappa shape index (κ1) is 17.8. The summed E-state index contributed by atoms with van der Waals surface area (Å²) in [5.41, 5.74) is 7.01. The van der Waals surface area contributed by atoms with Crippen molar-refractivity contribution in [2.75, 3.05) is 0 Å². The summed E-state index contributed by atoms with van der Waals surface area (Å²) in [5.74, 6) is 1.32. The number of nitrogens with zero attached hydrogens (tertiary/aromatic N) is 3. The van der Waals surface area contributed by atoms with E-state index in [1.54, 1.807) is 11.3 Å². The first-order valence-corrected chi connectivity index (χ1v) is 9.40. The van der Waals surface area contributed by atoms with Gasteiger partial charge in [-0.05, 0) is 31.0 Å². The molecule has 0 atom stereocenters. The molecule has 1 saturated carbocycles. The summed E-state index contributed by atoms with van der Waals surface area (Å²) in [6.07, 6.45) is 5.67. The molecule has 0 bridgehead atoms. The Balaban J connectivity index is 0.00000169. The molecule has 0 aliphatic heterocycles. The molecule has 2 N–H and O–H groups in total. The van der Waals surface area contributed by atoms with Crippen LogP contribution >= 0.6 is 39.7 Å². The number of nitrogens with two attached hydrogens (primary N) is 1. The highest BCUT2D eigenvalue weighted by atomic mass is 79.9. The van der Waals surface area contributed by atoms with Crippen molar-refractivity contribution in [2.24, 2.45) is 5.73 Å². The number of benzene rings is 1. The smallest absolute Gasteiger partial charge is 0.227 e. The van der Waals surface area contributed by atoms with Crippen molar-refractivity contribution in [3.8, 4) is 0 Å². The van der Waals surface area contributed by atoms with Gasteiger partial charge in [-0.3, -0.25) is 0 Å². The van der Waals surface area contributed by atoms with E-state index in [2.05, 4.69) is 37.1 Å². The van der Waals surface area contributed by atoms with Crippen LogP contribution in [0.1, 0.15) is 42.4 Å². The SMILES string of the molecule is Cl.NC1(c2noc(CCc3nc4cc(Br)ccc4s3)n2)CCCC1. The normalized spacial score (nSPS) is 16.4. The molecule has 1 aliphatic rings. The highest BCUT2D eigenvalue weighted by Gasteiger charge is 2.35. The minimum absolute atomic E-state index is 0. The van der Waals surface area contributed by atoms with Crippen LogP contribution in [0.15, 0.2) is 27.2 Å². The minimum Gasteiger partial charge on any atom is -0.339 e. The van der Waals surface area contributed by atoms with Crippen LogP contribution in [0.5, 0.6) is 0 Å². The van der Waals surface area contributed by atoms with E-state index >= 15 is 0 Å². The monoisotopic (exact) mass is 428 g/mol. The molecular weight excluding hydrogens is 412 g/mol. The van der Waals surface area contributed by atoms with E-state index in [1.165, 1.54) is 4.70 Å². The maximum absolute atomic E-state index is 6.37. The van der Waals surface area contributed by atoms with E-state index < -0.39 is 0 Å². The lowest BCUT2D eigenvalue weighted by molar-refractivity contribution is 0.348. The van der Waals surface area contributed by atoms with Gasteiger partial charge in [0.2, 0.25) is 5.89 Å². The van der Waals surface area contributed by atoms with Crippen molar-refractivity contribution in [3.05, 3.63) is 39.4 Å². The number of thiazole rings is 1. The van der Waals surface area contributed by atoms with Crippen molar-refractivity contribution in [3.63, 3.8) is 0 Å². The van der Waals surface area contributed by atoms with Gasteiger partial charge in [0, 0.05) is 17.3 Å². The van der Waals surface area contributed by atoms with E-state index in [9.17, 15) is 0 Å². The third kappa shape index (κ3) is 3.49. The number of aryl methyl sites for hydroxylation is 2. The number of aromatic nitrogens is 3. The third-order valence-corrected chi connectivity index (χ3v) is 5.95. The van der Waals surface area contributed by atoms with Gasteiger partial charge in [0.15, 0.2) is 5.82 Å². The predicted molar refractivity (Wildman–Crippen MR) is 101 cm³/mol. The average molecular weight is 430 g/mol. The van der Waals surface area contributed by atoms with Gasteiger partial charge >= 0.3 is 0 Å². The zero-order valence-corrected chi connectivity index (χ0v) is 16.2. The Morgan fingerprint density at radius 1 is 1.21 bits per heavy atom. The largest absolute Gasteiger partial charge is 0.339 e. The summed E-state index contributed by atoms with van der Waals surface area (Å²) >= 11 is 5.19. The lowest BCUT2D eigenvalue weighted by Crippen LogP contribution is -2.34. The molecule has 1 fully saturated rings. The lowest BCUT2D eigenvalue weighted by atomic mass is 9.99. The fourth-order valence-corrected chi connectivity index (χ4v) is 4.35. The zero-order valence-electron chi connectivity index (χ0n) is 13.0. The maximum atomic E-state index is 6.37. The fourth-order valence-electron chi connectivity index (χ4n) is 3.06. The maximum Gasteiger partial charge on any atom is 0.227 e. The number of halogens is 2. The topological polar surface area (TPSA) is 77.8 Å². The lowest BCUT2D eigenvalue weighted by Gasteiger charge is -2.17. The van der Waals surface area contributed by atoms with Crippen molar-refractivity contribution in [2.45, 2.75) is 44.1 Å². The van der Waals surface area contributed by atoms with Gasteiger partial charge in [-0.2, -0.15) is 4.98 Å². The van der Waals surface area contributed by atoms with E-state index in [-0.39, 0.29) is 17.9 Å². The highest BCUT2D eigenvalue weighted by Crippen LogP contribution is 2.34. The number of hydrogen-bond acceptors (Lipinski definition) is 6. The molecular formula is C16H18BrClN4OS. The first-order chi connectivity index (χ1) is 11.1. The second-order valence-electron chi connectivity index (χ2n) is 6.09. The predicted octanol–water partition coefficient (Wildman–Crippen LogP) is 4.38.